The third kappa shape index (κ3) is 33.8. The van der Waals surface area contributed by atoms with E-state index in [1.807, 2.05) is 0 Å². The fourth-order valence-electron chi connectivity index (χ4n) is 1.63. The molecule has 0 unspecified atom stereocenters. The van der Waals surface area contributed by atoms with Crippen molar-refractivity contribution in [2.45, 2.75) is 5.54 Å². The number of hydrogen-bond donors (Lipinski definition) is 11. The van der Waals surface area contributed by atoms with Crippen molar-refractivity contribution in [2.75, 3.05) is 59.1 Å². The van der Waals surface area contributed by atoms with Crippen molar-refractivity contribution in [3.63, 3.8) is 0 Å². The maximum absolute atomic E-state index is 10.6. The van der Waals surface area contributed by atoms with E-state index >= 15 is 0 Å². The zero-order chi connectivity index (χ0) is 25.9. The van der Waals surface area contributed by atoms with Crippen molar-refractivity contribution in [1.82, 2.24) is 9.80 Å². The summed E-state index contributed by atoms with van der Waals surface area (Å²) in [7, 11) is -2.17. The summed E-state index contributed by atoms with van der Waals surface area (Å²) < 4.78 is 0. The summed E-state index contributed by atoms with van der Waals surface area (Å²) in [6.45, 7) is -3.46. The Morgan fingerprint density at radius 2 is 0.824 bits per heavy atom. The SMILES string of the molecule is NC(CO)(CO)CO.O=C(O)CN(CCN(CC(=O)O)CC(=O)O)CC(=O)O.OB(O)O.[H-].[H-].[Na+].[Na+]. The molecular weight excluding hydrogens is 491 g/mol. The van der Waals surface area contributed by atoms with Crippen LogP contribution in [0.5, 0.6) is 0 Å². The van der Waals surface area contributed by atoms with Gasteiger partial charge in [-0.15, -0.1) is 0 Å². The third-order valence-electron chi connectivity index (χ3n) is 3.11. The zero-order valence-electron chi connectivity index (χ0n) is 21.0. The second-order valence-corrected chi connectivity index (χ2v) is 6.18. The number of hydrogen-bond acceptors (Lipinski definition) is 13. The van der Waals surface area contributed by atoms with Gasteiger partial charge in [0.05, 0.1) is 51.5 Å². The van der Waals surface area contributed by atoms with Gasteiger partial charge >= 0.3 is 90.3 Å². The molecule has 0 aliphatic rings. The number of carboxylic acids is 4. The quantitative estimate of drug-likeness (QED) is 0.0942. The Morgan fingerprint density at radius 1 is 0.647 bits per heavy atom. The molecule has 0 radical (unpaired) electrons. The number of rotatable bonds is 14. The summed E-state index contributed by atoms with van der Waals surface area (Å²) in [4.78, 5) is 44.4. The van der Waals surface area contributed by atoms with E-state index in [4.69, 9.17) is 56.6 Å². The second-order valence-electron chi connectivity index (χ2n) is 6.18. The Morgan fingerprint density at radius 3 is 0.912 bits per heavy atom. The van der Waals surface area contributed by atoms with Gasteiger partial charge in [0.25, 0.3) is 0 Å². The maximum atomic E-state index is 10.6. The molecule has 0 heterocycles. The van der Waals surface area contributed by atoms with Gasteiger partial charge in [-0.1, -0.05) is 0 Å². The number of aliphatic hydroxyl groups excluding tert-OH is 3. The van der Waals surface area contributed by atoms with E-state index in [2.05, 4.69) is 0 Å². The third-order valence-corrected chi connectivity index (χ3v) is 3.11. The van der Waals surface area contributed by atoms with Gasteiger partial charge in [-0.3, -0.25) is 29.0 Å². The molecule has 0 spiro atoms. The average molecular weight is 523 g/mol. The number of nitrogens with zero attached hydrogens (tertiary/aromatic N) is 2. The minimum Gasteiger partial charge on any atom is -1.00 e. The Labute approximate surface area is 242 Å². The molecule has 0 atom stereocenters. The van der Waals surface area contributed by atoms with Crippen LogP contribution in [0.4, 0.5) is 0 Å². The molecule has 12 N–H and O–H groups in total. The summed E-state index contributed by atoms with van der Waals surface area (Å²) in [5, 5.41) is 81.0. The van der Waals surface area contributed by atoms with E-state index in [1.54, 1.807) is 0 Å². The van der Waals surface area contributed by atoms with Crippen molar-refractivity contribution >= 4 is 31.2 Å². The summed E-state index contributed by atoms with van der Waals surface area (Å²) in [6, 6.07) is 0. The van der Waals surface area contributed by atoms with E-state index < -0.39 is 82.7 Å². The smallest absolute Gasteiger partial charge is 1.00 e. The van der Waals surface area contributed by atoms with E-state index in [9.17, 15) is 19.2 Å². The minimum absolute atomic E-state index is 0. The monoisotopic (exact) mass is 523 g/mol. The first-order valence-electron chi connectivity index (χ1n) is 8.60. The molecule has 0 aromatic heterocycles. The van der Waals surface area contributed by atoms with E-state index in [1.165, 1.54) is 0 Å². The molecule has 0 saturated carbocycles. The van der Waals surface area contributed by atoms with Crippen LogP contribution in [0.25, 0.3) is 0 Å². The van der Waals surface area contributed by atoms with Gasteiger partial charge in [0.2, 0.25) is 0 Å². The van der Waals surface area contributed by atoms with Crippen molar-refractivity contribution in [3.8, 4) is 0 Å². The molecule has 34 heavy (non-hydrogen) atoms. The Balaban J connectivity index is -0.0000000888. The standard InChI is InChI=1S/C10H16N2O8.C4H11NO3.BH3O3.2Na.2H/c13-7(14)3-11(4-8(15)16)1-2-12(5-9(17)18)6-10(19)20;5-4(1-6,2-7)3-8;2-1(3)4;;;;/h1-6H2,(H,13,14)(H,15,16)(H,17,18)(H,19,20);6-8H,1-3,5H2;2-4H;;;;/q;;;2*+1;2*-1. The van der Waals surface area contributed by atoms with Gasteiger partial charge in [0, 0.05) is 13.1 Å². The van der Waals surface area contributed by atoms with Crippen molar-refractivity contribution < 1.29 is 132 Å². The predicted molar refractivity (Wildman–Crippen MR) is 106 cm³/mol. The van der Waals surface area contributed by atoms with Crippen LogP contribution < -0.4 is 64.8 Å². The summed E-state index contributed by atoms with van der Waals surface area (Å²) in [5.41, 5.74) is 3.94. The van der Waals surface area contributed by atoms with Crippen LogP contribution in [0.15, 0.2) is 0 Å². The number of aliphatic hydroxyl groups is 3. The largest absolute Gasteiger partial charge is 1.00 e. The molecule has 0 aromatic carbocycles. The van der Waals surface area contributed by atoms with E-state index in [0.29, 0.717) is 0 Å². The van der Waals surface area contributed by atoms with Crippen molar-refractivity contribution in [1.29, 1.82) is 0 Å². The number of carbonyl (C=O) groups is 4. The number of carboxylic acid groups (broad SMARTS) is 4. The second kappa shape index (κ2) is 25.7. The molecule has 0 aliphatic heterocycles. The number of nitrogens with two attached hydrogens (primary N) is 1. The Kier molecular flexibility index (Phi) is 33.0. The Bertz CT molecular complexity index is 504. The van der Waals surface area contributed by atoms with Crippen LogP contribution in [-0.2, 0) is 19.2 Å². The molecule has 192 valence electrons. The molecule has 20 heteroatoms. The molecule has 0 fully saturated rings. The van der Waals surface area contributed by atoms with Gasteiger partial charge in [0.15, 0.2) is 0 Å². The normalized spacial score (nSPS) is 9.91. The van der Waals surface area contributed by atoms with Crippen LogP contribution in [0.1, 0.15) is 2.85 Å². The van der Waals surface area contributed by atoms with Crippen LogP contribution >= 0.6 is 0 Å². The summed E-state index contributed by atoms with van der Waals surface area (Å²) >= 11 is 0. The van der Waals surface area contributed by atoms with Crippen LogP contribution in [0, 0.1) is 0 Å². The van der Waals surface area contributed by atoms with Gasteiger partial charge in [0.1, 0.15) is 0 Å². The van der Waals surface area contributed by atoms with Crippen molar-refractivity contribution in [3.05, 3.63) is 0 Å². The topological polar surface area (TPSA) is 303 Å². The summed E-state index contributed by atoms with van der Waals surface area (Å²) in [5.74, 6) is -4.91. The molecular formula is C14H32BN3Na2O14. The molecule has 0 aromatic rings. The molecule has 0 rings (SSSR count). The Hall–Kier alpha value is -0.415. The zero-order valence-corrected chi connectivity index (χ0v) is 23.0. The average Bonchev–Trinajstić information content (AvgIpc) is 2.63. The fraction of sp³-hybridized carbons (Fsp3) is 0.714. The van der Waals surface area contributed by atoms with Gasteiger partial charge in [-0.05, 0) is 0 Å². The van der Waals surface area contributed by atoms with Crippen molar-refractivity contribution in [2.24, 2.45) is 5.73 Å². The van der Waals surface area contributed by atoms with Gasteiger partial charge in [-0.25, -0.2) is 0 Å². The van der Waals surface area contributed by atoms with Crippen LogP contribution in [-0.4, -0.2) is 156 Å². The maximum Gasteiger partial charge on any atom is 1.00 e. The molecule has 0 bridgehead atoms. The first-order valence-corrected chi connectivity index (χ1v) is 8.60. The molecule has 0 amide bonds. The predicted octanol–water partition coefficient (Wildman–Crippen LogP) is -12.2. The van der Waals surface area contributed by atoms with Gasteiger partial charge in [-0.2, -0.15) is 0 Å². The first kappa shape index (κ1) is 43.6. The fourth-order valence-corrected chi connectivity index (χ4v) is 1.63. The van der Waals surface area contributed by atoms with E-state index in [-0.39, 0.29) is 75.1 Å². The van der Waals surface area contributed by atoms with Crippen LogP contribution in [0.3, 0.4) is 0 Å². The molecule has 0 aliphatic carbocycles. The minimum atomic E-state index is -2.17. The molecule has 17 nitrogen and oxygen atoms in total. The van der Waals surface area contributed by atoms with E-state index in [0.717, 1.165) is 9.80 Å². The first-order chi connectivity index (χ1) is 14.6. The van der Waals surface area contributed by atoms with Gasteiger partial charge < -0.3 is 59.4 Å². The molecule has 0 saturated heterocycles. The number of aliphatic carboxylic acids is 4. The van der Waals surface area contributed by atoms with Crippen LogP contribution in [0.2, 0.25) is 0 Å². The summed E-state index contributed by atoms with van der Waals surface area (Å²) in [6.07, 6.45) is 0.